The Morgan fingerprint density at radius 1 is 1.25 bits per heavy atom. The maximum Gasteiger partial charge on any atom is 0.358 e. The SMILES string of the molecule is CCOc1ccnc(COc2cccnc2C(=O)O)c1. The first kappa shape index (κ1) is 13.8. The molecule has 0 spiro atoms. The highest BCUT2D eigenvalue weighted by molar-refractivity contribution is 5.88. The maximum absolute atomic E-state index is 11.0. The summed E-state index contributed by atoms with van der Waals surface area (Å²) in [5, 5.41) is 9.00. The van der Waals surface area contributed by atoms with Crippen LogP contribution in [0, 0.1) is 0 Å². The standard InChI is InChI=1S/C14H14N2O4/c1-2-19-11-5-7-15-10(8-11)9-20-12-4-3-6-16-13(12)14(17)18/h3-8H,2,9H2,1H3,(H,17,18). The van der Waals surface area contributed by atoms with Crippen molar-refractivity contribution >= 4 is 5.97 Å². The summed E-state index contributed by atoms with van der Waals surface area (Å²) in [4.78, 5) is 18.9. The smallest absolute Gasteiger partial charge is 0.358 e. The summed E-state index contributed by atoms with van der Waals surface area (Å²) in [6.07, 6.45) is 3.02. The predicted molar refractivity (Wildman–Crippen MR) is 70.9 cm³/mol. The van der Waals surface area contributed by atoms with E-state index in [-0.39, 0.29) is 18.1 Å². The van der Waals surface area contributed by atoms with Gasteiger partial charge in [-0.2, -0.15) is 0 Å². The first-order valence-corrected chi connectivity index (χ1v) is 6.09. The molecule has 0 unspecified atom stereocenters. The number of hydrogen-bond acceptors (Lipinski definition) is 5. The Morgan fingerprint density at radius 2 is 2.10 bits per heavy atom. The minimum absolute atomic E-state index is 0.117. The lowest BCUT2D eigenvalue weighted by atomic mass is 10.3. The van der Waals surface area contributed by atoms with Crippen LogP contribution in [-0.4, -0.2) is 27.7 Å². The minimum atomic E-state index is -1.13. The monoisotopic (exact) mass is 274 g/mol. The molecule has 2 rings (SSSR count). The van der Waals surface area contributed by atoms with E-state index in [1.807, 2.05) is 6.92 Å². The molecule has 0 bridgehead atoms. The summed E-state index contributed by atoms with van der Waals surface area (Å²) in [5.74, 6) is -0.217. The molecule has 0 aliphatic rings. The molecule has 0 radical (unpaired) electrons. The van der Waals surface area contributed by atoms with Gasteiger partial charge < -0.3 is 14.6 Å². The molecule has 0 aliphatic carbocycles. The number of hydrogen-bond donors (Lipinski definition) is 1. The van der Waals surface area contributed by atoms with Gasteiger partial charge in [0.2, 0.25) is 0 Å². The second-order valence-corrected chi connectivity index (χ2v) is 3.86. The molecule has 1 N–H and O–H groups in total. The van der Waals surface area contributed by atoms with E-state index in [0.717, 1.165) is 0 Å². The van der Waals surface area contributed by atoms with Crippen molar-refractivity contribution in [2.45, 2.75) is 13.5 Å². The van der Waals surface area contributed by atoms with Crippen LogP contribution in [0.1, 0.15) is 23.1 Å². The van der Waals surface area contributed by atoms with E-state index in [1.165, 1.54) is 6.20 Å². The van der Waals surface area contributed by atoms with Gasteiger partial charge in [-0.1, -0.05) is 0 Å². The summed E-state index contributed by atoms with van der Waals surface area (Å²) in [6.45, 7) is 2.61. The second kappa shape index (κ2) is 6.51. The van der Waals surface area contributed by atoms with Crippen LogP contribution in [0.4, 0.5) is 0 Å². The zero-order valence-corrected chi connectivity index (χ0v) is 10.9. The molecule has 2 heterocycles. The third-order valence-electron chi connectivity index (χ3n) is 2.45. The Hall–Kier alpha value is -2.63. The van der Waals surface area contributed by atoms with Crippen LogP contribution in [0.2, 0.25) is 0 Å². The topological polar surface area (TPSA) is 81.5 Å². The highest BCUT2D eigenvalue weighted by atomic mass is 16.5. The van der Waals surface area contributed by atoms with Crippen LogP contribution < -0.4 is 9.47 Å². The molecule has 0 aromatic carbocycles. The van der Waals surface area contributed by atoms with Crippen molar-refractivity contribution < 1.29 is 19.4 Å². The van der Waals surface area contributed by atoms with E-state index >= 15 is 0 Å². The molecule has 20 heavy (non-hydrogen) atoms. The quantitative estimate of drug-likeness (QED) is 0.869. The van der Waals surface area contributed by atoms with E-state index in [0.29, 0.717) is 18.1 Å². The van der Waals surface area contributed by atoms with Crippen LogP contribution in [-0.2, 0) is 6.61 Å². The van der Waals surface area contributed by atoms with Crippen LogP contribution in [0.5, 0.6) is 11.5 Å². The first-order chi connectivity index (χ1) is 9.70. The van der Waals surface area contributed by atoms with E-state index in [4.69, 9.17) is 14.6 Å². The van der Waals surface area contributed by atoms with Crippen LogP contribution >= 0.6 is 0 Å². The number of aromatic nitrogens is 2. The zero-order valence-electron chi connectivity index (χ0n) is 10.9. The number of ether oxygens (including phenoxy) is 2. The molecule has 0 aliphatic heterocycles. The van der Waals surface area contributed by atoms with E-state index in [9.17, 15) is 4.79 Å². The van der Waals surface area contributed by atoms with Crippen molar-refractivity contribution in [3.63, 3.8) is 0 Å². The zero-order chi connectivity index (χ0) is 14.4. The van der Waals surface area contributed by atoms with Crippen LogP contribution in [0.15, 0.2) is 36.7 Å². The lowest BCUT2D eigenvalue weighted by Crippen LogP contribution is -2.06. The normalized spacial score (nSPS) is 10.1. The molecule has 6 heteroatoms. The van der Waals surface area contributed by atoms with Crippen molar-refractivity contribution in [1.29, 1.82) is 0 Å². The van der Waals surface area contributed by atoms with Gasteiger partial charge in [0.25, 0.3) is 0 Å². The summed E-state index contributed by atoms with van der Waals surface area (Å²) < 4.78 is 10.8. The molecule has 0 saturated carbocycles. The molecule has 104 valence electrons. The van der Waals surface area contributed by atoms with Gasteiger partial charge in [0.15, 0.2) is 11.4 Å². The fraction of sp³-hybridized carbons (Fsp3) is 0.214. The number of carboxylic acids is 1. The Morgan fingerprint density at radius 3 is 2.85 bits per heavy atom. The Balaban J connectivity index is 2.09. The van der Waals surface area contributed by atoms with E-state index < -0.39 is 5.97 Å². The van der Waals surface area contributed by atoms with Gasteiger partial charge in [-0.3, -0.25) is 4.98 Å². The summed E-state index contributed by atoms with van der Waals surface area (Å²) in [7, 11) is 0. The highest BCUT2D eigenvalue weighted by Crippen LogP contribution is 2.18. The number of aromatic carboxylic acids is 1. The second-order valence-electron chi connectivity index (χ2n) is 3.86. The van der Waals surface area contributed by atoms with Gasteiger partial charge in [-0.25, -0.2) is 9.78 Å². The van der Waals surface area contributed by atoms with Gasteiger partial charge in [0.1, 0.15) is 12.4 Å². The molecule has 2 aromatic rings. The van der Waals surface area contributed by atoms with Crippen LogP contribution in [0.25, 0.3) is 0 Å². The molecule has 0 amide bonds. The number of nitrogens with zero attached hydrogens (tertiary/aromatic N) is 2. The Kier molecular flexibility index (Phi) is 4.49. The molecule has 0 fully saturated rings. The third kappa shape index (κ3) is 3.44. The number of rotatable bonds is 6. The van der Waals surface area contributed by atoms with Crippen molar-refractivity contribution in [3.05, 3.63) is 48.0 Å². The van der Waals surface area contributed by atoms with Gasteiger partial charge in [-0.05, 0) is 25.1 Å². The fourth-order valence-electron chi connectivity index (χ4n) is 1.61. The Bertz CT molecular complexity index is 601. The van der Waals surface area contributed by atoms with Crippen molar-refractivity contribution in [3.8, 4) is 11.5 Å². The Labute approximate surface area is 116 Å². The molecular formula is C14H14N2O4. The first-order valence-electron chi connectivity index (χ1n) is 6.09. The minimum Gasteiger partial charge on any atom is -0.494 e. The molecular weight excluding hydrogens is 260 g/mol. The summed E-state index contributed by atoms with van der Waals surface area (Å²) in [5.41, 5.74) is 0.532. The van der Waals surface area contributed by atoms with Crippen molar-refractivity contribution in [2.75, 3.05) is 6.61 Å². The van der Waals surface area contributed by atoms with E-state index in [1.54, 1.807) is 30.5 Å². The van der Waals surface area contributed by atoms with Crippen LogP contribution in [0.3, 0.4) is 0 Å². The average molecular weight is 274 g/mol. The van der Waals surface area contributed by atoms with Gasteiger partial charge >= 0.3 is 5.97 Å². The average Bonchev–Trinajstić information content (AvgIpc) is 2.46. The van der Waals surface area contributed by atoms with E-state index in [2.05, 4.69) is 9.97 Å². The lowest BCUT2D eigenvalue weighted by molar-refractivity contribution is 0.0684. The number of pyridine rings is 2. The summed E-state index contributed by atoms with van der Waals surface area (Å²) >= 11 is 0. The third-order valence-corrected chi connectivity index (χ3v) is 2.45. The molecule has 0 atom stereocenters. The lowest BCUT2D eigenvalue weighted by Gasteiger charge is -2.09. The highest BCUT2D eigenvalue weighted by Gasteiger charge is 2.12. The fourth-order valence-corrected chi connectivity index (χ4v) is 1.61. The van der Waals surface area contributed by atoms with Crippen molar-refractivity contribution in [2.24, 2.45) is 0 Å². The number of carbonyl (C=O) groups is 1. The molecule has 0 saturated heterocycles. The number of carboxylic acid groups (broad SMARTS) is 1. The summed E-state index contributed by atoms with van der Waals surface area (Å²) in [6, 6.07) is 6.68. The molecule has 6 nitrogen and oxygen atoms in total. The van der Waals surface area contributed by atoms with Gasteiger partial charge in [0, 0.05) is 18.5 Å². The molecule has 2 aromatic heterocycles. The van der Waals surface area contributed by atoms with Crippen molar-refractivity contribution in [1.82, 2.24) is 9.97 Å². The predicted octanol–water partition coefficient (Wildman–Crippen LogP) is 2.15. The van der Waals surface area contributed by atoms with Gasteiger partial charge in [-0.15, -0.1) is 0 Å². The maximum atomic E-state index is 11.0. The largest absolute Gasteiger partial charge is 0.494 e. The van der Waals surface area contributed by atoms with Gasteiger partial charge in [0.05, 0.1) is 12.3 Å².